The largest absolute Gasteiger partial charge is 0.383 e. The van der Waals surface area contributed by atoms with Gasteiger partial charge in [-0.3, -0.25) is 18.8 Å². The highest BCUT2D eigenvalue weighted by Gasteiger charge is 2.22. The van der Waals surface area contributed by atoms with Gasteiger partial charge < -0.3 is 4.74 Å². The first-order chi connectivity index (χ1) is 14.6. The van der Waals surface area contributed by atoms with E-state index < -0.39 is 0 Å². The number of nitrogens with zero attached hydrogens (tertiary/aromatic N) is 3. The predicted octanol–water partition coefficient (Wildman–Crippen LogP) is 3.02. The fraction of sp³-hybridized carbons (Fsp3) is 0.478. The molecule has 1 aliphatic rings. The smallest absolute Gasteiger partial charge is 0.332 e. The maximum absolute atomic E-state index is 13.4. The summed E-state index contributed by atoms with van der Waals surface area (Å²) in [6, 6.07) is 9.97. The number of fused-ring (bicyclic) bond motifs is 1. The molecule has 0 radical (unpaired) electrons. The summed E-state index contributed by atoms with van der Waals surface area (Å²) >= 11 is 1.59. The molecule has 160 valence electrons. The van der Waals surface area contributed by atoms with Crippen LogP contribution in [0.4, 0.5) is 0 Å². The monoisotopic (exact) mass is 427 g/mol. The van der Waals surface area contributed by atoms with Gasteiger partial charge in [0, 0.05) is 25.1 Å². The average molecular weight is 428 g/mol. The van der Waals surface area contributed by atoms with Gasteiger partial charge in [-0.25, -0.2) is 4.79 Å². The van der Waals surface area contributed by atoms with Gasteiger partial charge in [-0.05, 0) is 50.4 Å². The van der Waals surface area contributed by atoms with Crippen molar-refractivity contribution in [2.24, 2.45) is 0 Å². The van der Waals surface area contributed by atoms with E-state index in [2.05, 4.69) is 4.90 Å². The lowest BCUT2D eigenvalue weighted by Crippen LogP contribution is -2.40. The summed E-state index contributed by atoms with van der Waals surface area (Å²) in [5.41, 5.74) is 1.73. The van der Waals surface area contributed by atoms with Crippen molar-refractivity contribution in [3.63, 3.8) is 0 Å². The van der Waals surface area contributed by atoms with Gasteiger partial charge in [0.2, 0.25) is 0 Å². The number of likely N-dealkylation sites (tertiary alicyclic amines) is 1. The molecule has 0 atom stereocenters. The number of rotatable bonds is 8. The first-order valence-corrected chi connectivity index (χ1v) is 11.4. The van der Waals surface area contributed by atoms with Crippen molar-refractivity contribution in [2.45, 2.75) is 45.8 Å². The highest BCUT2D eigenvalue weighted by Crippen LogP contribution is 2.30. The van der Waals surface area contributed by atoms with Crippen molar-refractivity contribution < 1.29 is 4.74 Å². The first kappa shape index (κ1) is 21.0. The summed E-state index contributed by atoms with van der Waals surface area (Å²) in [6.45, 7) is 6.34. The molecule has 0 N–H and O–H groups in total. The van der Waals surface area contributed by atoms with Crippen LogP contribution in [-0.2, 0) is 30.8 Å². The molecule has 0 saturated carbocycles. The summed E-state index contributed by atoms with van der Waals surface area (Å²) < 4.78 is 8.38. The molecule has 3 aromatic rings. The van der Waals surface area contributed by atoms with Crippen LogP contribution in [0.3, 0.4) is 0 Å². The predicted molar refractivity (Wildman–Crippen MR) is 122 cm³/mol. The maximum Gasteiger partial charge on any atom is 0.332 e. The van der Waals surface area contributed by atoms with Gasteiger partial charge in [0.15, 0.2) is 0 Å². The van der Waals surface area contributed by atoms with Gasteiger partial charge in [-0.15, -0.1) is 11.3 Å². The highest BCUT2D eigenvalue weighted by atomic mass is 32.1. The Labute approximate surface area is 180 Å². The third-order valence-corrected chi connectivity index (χ3v) is 7.24. The van der Waals surface area contributed by atoms with Crippen molar-refractivity contribution in [3.8, 4) is 0 Å². The van der Waals surface area contributed by atoms with Crippen LogP contribution in [0, 0.1) is 6.92 Å². The van der Waals surface area contributed by atoms with Crippen LogP contribution in [-0.4, -0.2) is 40.8 Å². The van der Waals surface area contributed by atoms with E-state index in [4.69, 9.17) is 4.74 Å². The lowest BCUT2D eigenvalue weighted by Gasteiger charge is -2.13. The van der Waals surface area contributed by atoms with Gasteiger partial charge in [-0.2, -0.15) is 0 Å². The van der Waals surface area contributed by atoms with Gasteiger partial charge in [-0.1, -0.05) is 30.3 Å². The van der Waals surface area contributed by atoms with Crippen molar-refractivity contribution in [3.05, 3.63) is 67.2 Å². The van der Waals surface area contributed by atoms with Crippen molar-refractivity contribution in [2.75, 3.05) is 26.8 Å². The Morgan fingerprint density at radius 3 is 2.47 bits per heavy atom. The summed E-state index contributed by atoms with van der Waals surface area (Å²) in [4.78, 5) is 31.0. The van der Waals surface area contributed by atoms with E-state index in [1.807, 2.05) is 37.3 Å². The van der Waals surface area contributed by atoms with E-state index in [9.17, 15) is 9.59 Å². The molecule has 0 aliphatic carbocycles. The van der Waals surface area contributed by atoms with Gasteiger partial charge in [0.05, 0.1) is 18.5 Å². The van der Waals surface area contributed by atoms with Crippen LogP contribution < -0.4 is 11.2 Å². The Morgan fingerprint density at radius 2 is 1.77 bits per heavy atom. The minimum absolute atomic E-state index is 0.166. The molecule has 1 fully saturated rings. The number of methoxy groups -OCH3 is 1. The minimum atomic E-state index is -0.241. The van der Waals surface area contributed by atoms with E-state index in [0.717, 1.165) is 35.6 Å². The highest BCUT2D eigenvalue weighted by molar-refractivity contribution is 7.18. The lowest BCUT2D eigenvalue weighted by atomic mass is 10.1. The lowest BCUT2D eigenvalue weighted by molar-refractivity contribution is 0.186. The molecule has 0 unspecified atom stereocenters. The molecule has 6 nitrogen and oxygen atoms in total. The Morgan fingerprint density at radius 1 is 1.03 bits per heavy atom. The van der Waals surface area contributed by atoms with Gasteiger partial charge >= 0.3 is 5.69 Å². The topological polar surface area (TPSA) is 56.5 Å². The molecule has 0 amide bonds. The Hall–Kier alpha value is -2.22. The summed E-state index contributed by atoms with van der Waals surface area (Å²) in [7, 11) is 1.63. The third kappa shape index (κ3) is 4.15. The Bertz CT molecular complexity index is 1120. The van der Waals surface area contributed by atoms with E-state index >= 15 is 0 Å². The van der Waals surface area contributed by atoms with Crippen molar-refractivity contribution in [1.29, 1.82) is 0 Å². The van der Waals surface area contributed by atoms with Crippen LogP contribution in [0.1, 0.15) is 28.8 Å². The second kappa shape index (κ2) is 9.29. The number of ether oxygens (including phenoxy) is 1. The van der Waals surface area contributed by atoms with Gasteiger partial charge in [0.1, 0.15) is 4.83 Å². The standard InChI is InChI=1S/C23H29N3O3S/c1-17-19(16-24-11-6-7-12-24)30-22-20(17)21(27)25(23(28)26(22)14-15-29-2)13-10-18-8-4-3-5-9-18/h3-5,8-9H,6-7,10-16H2,1-2H3. The quantitative estimate of drug-likeness (QED) is 0.555. The van der Waals surface area contributed by atoms with Crippen molar-refractivity contribution in [1.82, 2.24) is 14.0 Å². The molecular formula is C23H29N3O3S. The summed E-state index contributed by atoms with van der Waals surface area (Å²) in [5.74, 6) is 0. The number of benzene rings is 1. The molecule has 1 aromatic carbocycles. The molecule has 1 saturated heterocycles. The summed E-state index contributed by atoms with van der Waals surface area (Å²) in [5, 5.41) is 0.693. The molecule has 1 aliphatic heterocycles. The molecule has 0 spiro atoms. The number of hydrogen-bond acceptors (Lipinski definition) is 5. The third-order valence-electron chi connectivity index (χ3n) is 5.94. The van der Waals surface area contributed by atoms with Crippen LogP contribution >= 0.6 is 11.3 Å². The second-order valence-electron chi connectivity index (χ2n) is 7.93. The molecule has 30 heavy (non-hydrogen) atoms. The number of thiophene rings is 1. The minimum Gasteiger partial charge on any atom is -0.383 e. The zero-order valence-electron chi connectivity index (χ0n) is 17.7. The Kier molecular flexibility index (Phi) is 6.51. The van der Waals surface area contributed by atoms with Crippen LogP contribution in [0.15, 0.2) is 39.9 Å². The zero-order chi connectivity index (χ0) is 21.1. The zero-order valence-corrected chi connectivity index (χ0v) is 18.5. The molecule has 7 heteroatoms. The normalized spacial score (nSPS) is 14.7. The number of hydrogen-bond donors (Lipinski definition) is 0. The van der Waals surface area contributed by atoms with E-state index in [0.29, 0.717) is 31.5 Å². The molecular weight excluding hydrogens is 398 g/mol. The van der Waals surface area contributed by atoms with Gasteiger partial charge in [0.25, 0.3) is 5.56 Å². The van der Waals surface area contributed by atoms with Crippen LogP contribution in [0.2, 0.25) is 0 Å². The van der Waals surface area contributed by atoms with Crippen molar-refractivity contribution >= 4 is 21.6 Å². The average Bonchev–Trinajstić information content (AvgIpc) is 3.37. The number of aromatic nitrogens is 2. The fourth-order valence-electron chi connectivity index (χ4n) is 4.20. The number of aryl methyl sites for hydroxylation is 2. The van der Waals surface area contributed by atoms with Crippen LogP contribution in [0.25, 0.3) is 10.2 Å². The first-order valence-electron chi connectivity index (χ1n) is 10.6. The molecule has 0 bridgehead atoms. The van der Waals surface area contributed by atoms with Crippen LogP contribution in [0.5, 0.6) is 0 Å². The second-order valence-corrected chi connectivity index (χ2v) is 9.02. The molecule has 2 aromatic heterocycles. The van der Waals surface area contributed by atoms with E-state index in [-0.39, 0.29) is 11.2 Å². The SMILES string of the molecule is COCCn1c(=O)n(CCc2ccccc2)c(=O)c2c(C)c(CN3CCCC3)sc21. The maximum atomic E-state index is 13.4. The Balaban J connectivity index is 1.78. The fourth-order valence-corrected chi connectivity index (χ4v) is 5.56. The molecule has 3 heterocycles. The van der Waals surface area contributed by atoms with E-state index in [1.165, 1.54) is 22.3 Å². The summed E-state index contributed by atoms with van der Waals surface area (Å²) in [6.07, 6.45) is 3.11. The molecule has 4 rings (SSSR count). The van der Waals surface area contributed by atoms with E-state index in [1.54, 1.807) is 23.0 Å².